The topological polar surface area (TPSA) is 84.5 Å². The SMILES string of the molecule is O=C(CCCOc1ccc(C=C2SC(=O)NC2=O)c2ccccc12)NCc1ccc(Cl)cc1. The molecule has 0 atom stereocenters. The maximum absolute atomic E-state index is 12.1. The predicted molar refractivity (Wildman–Crippen MR) is 131 cm³/mol. The molecule has 0 aliphatic carbocycles. The Morgan fingerprint density at radius 1 is 1.03 bits per heavy atom. The van der Waals surface area contributed by atoms with Crippen molar-refractivity contribution in [1.82, 2.24) is 10.6 Å². The molecule has 1 aliphatic rings. The minimum absolute atomic E-state index is 0.0396. The van der Waals surface area contributed by atoms with Crippen LogP contribution in [0.1, 0.15) is 24.0 Å². The molecule has 1 fully saturated rings. The molecule has 168 valence electrons. The highest BCUT2D eigenvalue weighted by molar-refractivity contribution is 8.18. The predicted octanol–water partition coefficient (Wildman–Crippen LogP) is 5.29. The summed E-state index contributed by atoms with van der Waals surface area (Å²) in [6.07, 6.45) is 2.64. The molecule has 0 radical (unpaired) electrons. The van der Waals surface area contributed by atoms with Crippen molar-refractivity contribution in [1.29, 1.82) is 0 Å². The molecular weight excluding hydrogens is 460 g/mol. The summed E-state index contributed by atoms with van der Waals surface area (Å²) in [4.78, 5) is 35.8. The second-order valence-corrected chi connectivity index (χ2v) is 8.86. The van der Waals surface area contributed by atoms with Gasteiger partial charge in [0.25, 0.3) is 11.1 Å². The quantitative estimate of drug-likeness (QED) is 0.338. The first-order chi connectivity index (χ1) is 16.0. The summed E-state index contributed by atoms with van der Waals surface area (Å²) in [6, 6.07) is 18.8. The van der Waals surface area contributed by atoms with E-state index in [4.69, 9.17) is 16.3 Å². The number of halogens is 1. The van der Waals surface area contributed by atoms with Crippen LogP contribution in [0.4, 0.5) is 4.79 Å². The molecule has 0 bridgehead atoms. The van der Waals surface area contributed by atoms with Crippen molar-refractivity contribution < 1.29 is 19.1 Å². The number of amides is 3. The molecule has 3 aromatic carbocycles. The van der Waals surface area contributed by atoms with Crippen molar-refractivity contribution in [3.63, 3.8) is 0 Å². The van der Waals surface area contributed by atoms with Gasteiger partial charge >= 0.3 is 0 Å². The van der Waals surface area contributed by atoms with Gasteiger partial charge in [-0.15, -0.1) is 0 Å². The molecule has 1 aliphatic heterocycles. The van der Waals surface area contributed by atoms with E-state index >= 15 is 0 Å². The second-order valence-electron chi connectivity index (χ2n) is 7.41. The van der Waals surface area contributed by atoms with Crippen LogP contribution in [0.2, 0.25) is 5.02 Å². The van der Waals surface area contributed by atoms with Crippen LogP contribution in [0.25, 0.3) is 16.8 Å². The number of hydrogen-bond acceptors (Lipinski definition) is 5. The Hall–Kier alpha value is -3.29. The summed E-state index contributed by atoms with van der Waals surface area (Å²) in [7, 11) is 0. The minimum Gasteiger partial charge on any atom is -0.493 e. The molecule has 1 saturated heterocycles. The number of imide groups is 1. The number of thioether (sulfide) groups is 1. The molecule has 0 aromatic heterocycles. The number of nitrogens with one attached hydrogen (secondary N) is 2. The van der Waals surface area contributed by atoms with Crippen molar-refractivity contribution >= 4 is 57.3 Å². The zero-order valence-corrected chi connectivity index (χ0v) is 19.2. The fourth-order valence-electron chi connectivity index (χ4n) is 3.41. The van der Waals surface area contributed by atoms with Crippen LogP contribution in [-0.4, -0.2) is 23.7 Å². The monoisotopic (exact) mass is 480 g/mol. The summed E-state index contributed by atoms with van der Waals surface area (Å²) >= 11 is 6.76. The largest absolute Gasteiger partial charge is 0.493 e. The van der Waals surface area contributed by atoms with Gasteiger partial charge in [-0.2, -0.15) is 0 Å². The lowest BCUT2D eigenvalue weighted by Gasteiger charge is -2.12. The van der Waals surface area contributed by atoms with E-state index in [1.54, 1.807) is 18.2 Å². The van der Waals surface area contributed by atoms with Crippen LogP contribution in [0.15, 0.2) is 65.6 Å². The van der Waals surface area contributed by atoms with Crippen LogP contribution in [-0.2, 0) is 16.1 Å². The highest BCUT2D eigenvalue weighted by atomic mass is 35.5. The average Bonchev–Trinajstić information content (AvgIpc) is 3.13. The van der Waals surface area contributed by atoms with Crippen LogP contribution in [0.5, 0.6) is 5.75 Å². The molecule has 1 heterocycles. The zero-order valence-electron chi connectivity index (χ0n) is 17.6. The number of carbonyl (C=O) groups is 3. The van der Waals surface area contributed by atoms with Crippen molar-refractivity contribution in [2.75, 3.05) is 6.61 Å². The third-order valence-electron chi connectivity index (χ3n) is 5.06. The summed E-state index contributed by atoms with van der Waals surface area (Å²) < 4.78 is 5.95. The fourth-order valence-corrected chi connectivity index (χ4v) is 4.21. The van der Waals surface area contributed by atoms with Gasteiger partial charge in [0.1, 0.15) is 5.75 Å². The summed E-state index contributed by atoms with van der Waals surface area (Å²) in [6.45, 7) is 0.853. The first-order valence-electron chi connectivity index (χ1n) is 10.4. The van der Waals surface area contributed by atoms with Crippen molar-refractivity contribution in [2.24, 2.45) is 0 Å². The number of hydrogen-bond donors (Lipinski definition) is 2. The lowest BCUT2D eigenvalue weighted by atomic mass is 10.0. The summed E-state index contributed by atoms with van der Waals surface area (Å²) in [5.41, 5.74) is 1.82. The van der Waals surface area contributed by atoms with Gasteiger partial charge in [0.05, 0.1) is 11.5 Å². The van der Waals surface area contributed by atoms with Crippen molar-refractivity contribution in [3.8, 4) is 5.75 Å². The molecule has 3 aromatic rings. The maximum atomic E-state index is 12.1. The van der Waals surface area contributed by atoms with Crippen molar-refractivity contribution in [3.05, 3.63) is 81.7 Å². The standard InChI is InChI=1S/C25H21ClN2O4S/c26-18-10-7-16(8-11-18)15-27-23(29)6-3-13-32-21-12-9-17(19-4-1-2-5-20(19)21)14-22-24(30)28-25(31)33-22/h1-2,4-5,7-12,14H,3,6,13,15H2,(H,27,29)(H,28,30,31). The lowest BCUT2D eigenvalue weighted by molar-refractivity contribution is -0.121. The number of rotatable bonds is 8. The first kappa shape index (κ1) is 22.9. The van der Waals surface area contributed by atoms with Crippen LogP contribution < -0.4 is 15.4 Å². The van der Waals surface area contributed by atoms with Gasteiger partial charge in [-0.25, -0.2) is 0 Å². The first-order valence-corrected chi connectivity index (χ1v) is 11.6. The van der Waals surface area contributed by atoms with E-state index < -0.39 is 0 Å². The zero-order chi connectivity index (χ0) is 23.2. The van der Waals surface area contributed by atoms with Gasteiger partial charge in [0.15, 0.2) is 0 Å². The van der Waals surface area contributed by atoms with E-state index in [0.717, 1.165) is 33.7 Å². The van der Waals surface area contributed by atoms with E-state index in [1.807, 2.05) is 48.5 Å². The molecule has 0 spiro atoms. The van der Waals surface area contributed by atoms with Gasteiger partial charge in [0.2, 0.25) is 5.91 Å². The molecule has 33 heavy (non-hydrogen) atoms. The Balaban J connectivity index is 1.34. The van der Waals surface area contributed by atoms with E-state index in [9.17, 15) is 14.4 Å². The summed E-state index contributed by atoms with van der Waals surface area (Å²) in [5.74, 6) is 0.278. The van der Waals surface area contributed by atoms with E-state index in [2.05, 4.69) is 10.6 Å². The third-order valence-corrected chi connectivity index (χ3v) is 6.12. The highest BCUT2D eigenvalue weighted by Crippen LogP contribution is 2.32. The van der Waals surface area contributed by atoms with Gasteiger partial charge in [-0.05, 0) is 59.0 Å². The van der Waals surface area contributed by atoms with E-state index in [1.165, 1.54) is 0 Å². The van der Waals surface area contributed by atoms with Crippen LogP contribution >= 0.6 is 23.4 Å². The number of carbonyl (C=O) groups excluding carboxylic acids is 3. The lowest BCUT2D eigenvalue weighted by Crippen LogP contribution is -2.22. The maximum Gasteiger partial charge on any atom is 0.290 e. The molecule has 2 N–H and O–H groups in total. The normalized spacial score (nSPS) is 14.5. The molecule has 0 unspecified atom stereocenters. The molecule has 4 rings (SSSR count). The van der Waals surface area contributed by atoms with Crippen LogP contribution in [0, 0.1) is 0 Å². The second kappa shape index (κ2) is 10.6. The van der Waals surface area contributed by atoms with E-state index in [0.29, 0.717) is 41.7 Å². The number of ether oxygens (including phenoxy) is 1. The summed E-state index contributed by atoms with van der Waals surface area (Å²) in [5, 5.41) is 7.26. The van der Waals surface area contributed by atoms with E-state index in [-0.39, 0.29) is 17.1 Å². The van der Waals surface area contributed by atoms with Crippen molar-refractivity contribution in [2.45, 2.75) is 19.4 Å². The van der Waals surface area contributed by atoms with Gasteiger partial charge in [0, 0.05) is 23.4 Å². The molecule has 8 heteroatoms. The third kappa shape index (κ3) is 5.94. The Morgan fingerprint density at radius 3 is 2.52 bits per heavy atom. The Morgan fingerprint density at radius 2 is 1.79 bits per heavy atom. The Kier molecular flexibility index (Phi) is 7.32. The number of fused-ring (bicyclic) bond motifs is 1. The minimum atomic E-state index is -0.385. The average molecular weight is 481 g/mol. The van der Waals surface area contributed by atoms with Gasteiger partial charge < -0.3 is 10.1 Å². The highest BCUT2D eigenvalue weighted by Gasteiger charge is 2.25. The smallest absolute Gasteiger partial charge is 0.290 e. The fraction of sp³-hybridized carbons (Fsp3) is 0.160. The molecular formula is C25H21ClN2O4S. The molecule has 0 saturated carbocycles. The van der Waals surface area contributed by atoms with Crippen LogP contribution in [0.3, 0.4) is 0 Å². The molecule has 3 amide bonds. The van der Waals surface area contributed by atoms with Gasteiger partial charge in [-0.3, -0.25) is 19.7 Å². The number of benzene rings is 3. The molecule has 6 nitrogen and oxygen atoms in total. The Labute approximate surface area is 200 Å². The van der Waals surface area contributed by atoms with Gasteiger partial charge in [-0.1, -0.05) is 54.1 Å². The Bertz CT molecular complexity index is 1240.